The zero-order valence-electron chi connectivity index (χ0n) is 6.54. The Kier molecular flexibility index (Phi) is 2.52. The Morgan fingerprint density at radius 3 is 2.55 bits per heavy atom. The molecule has 60 valence electrons. The molecular weight excluding hydrogens is 142 g/mol. The Labute approximate surface area is 65.5 Å². The zero-order valence-corrected chi connectivity index (χ0v) is 6.54. The predicted molar refractivity (Wildman–Crippen MR) is 41.9 cm³/mol. The molecule has 0 unspecified atom stereocenters. The van der Waals surface area contributed by atoms with E-state index in [1.165, 1.54) is 12.5 Å². The third kappa shape index (κ3) is 1.97. The summed E-state index contributed by atoms with van der Waals surface area (Å²) in [6.45, 7) is 1.88. The maximum atomic E-state index is 10.5. The van der Waals surface area contributed by atoms with E-state index in [1.807, 2.05) is 6.92 Å². The Morgan fingerprint density at radius 2 is 2.18 bits per heavy atom. The lowest BCUT2D eigenvalue weighted by Gasteiger charge is -2.25. The van der Waals surface area contributed by atoms with Crippen molar-refractivity contribution in [2.24, 2.45) is 11.1 Å². The van der Waals surface area contributed by atoms with Gasteiger partial charge in [0.1, 0.15) is 0 Å². The molecule has 11 heavy (non-hydrogen) atoms. The minimum Gasteiger partial charge on any atom is -0.264 e. The third-order valence-corrected chi connectivity index (χ3v) is 2.19. The number of hydrogen-bond acceptors (Lipinski definition) is 2. The van der Waals surface area contributed by atoms with Gasteiger partial charge in [-0.2, -0.15) is 0 Å². The second-order valence-corrected chi connectivity index (χ2v) is 2.95. The van der Waals surface area contributed by atoms with E-state index in [0.717, 1.165) is 18.4 Å². The molecule has 1 rings (SSSR count). The quantitative estimate of drug-likeness (QED) is 0.450. The molecule has 1 aliphatic carbocycles. The Bertz CT molecular complexity index is 204. The van der Waals surface area contributed by atoms with Crippen molar-refractivity contribution in [3.63, 3.8) is 0 Å². The van der Waals surface area contributed by atoms with Crippen molar-refractivity contribution >= 4 is 5.91 Å². The fourth-order valence-electron chi connectivity index (χ4n) is 1.20. The monoisotopic (exact) mass is 153 g/mol. The molecule has 0 aromatic heterocycles. The molecule has 1 amide bonds. The van der Waals surface area contributed by atoms with Gasteiger partial charge < -0.3 is 0 Å². The summed E-state index contributed by atoms with van der Waals surface area (Å²) in [4.78, 5) is 20.2. The topological polar surface area (TPSA) is 46.5 Å². The molecule has 3 nitrogen and oxygen atoms in total. The molecule has 0 radical (unpaired) electrons. The number of amides is 1. The van der Waals surface area contributed by atoms with Crippen LogP contribution in [-0.2, 0) is 4.79 Å². The van der Waals surface area contributed by atoms with Gasteiger partial charge in [-0.3, -0.25) is 4.79 Å². The lowest BCUT2D eigenvalue weighted by Crippen LogP contribution is -2.12. The average molecular weight is 153 g/mol. The lowest BCUT2D eigenvalue weighted by molar-refractivity contribution is -0.113. The molecule has 0 bridgehead atoms. The summed E-state index contributed by atoms with van der Waals surface area (Å²) in [5.74, 6) is -0.130. The molecule has 0 saturated heterocycles. The van der Waals surface area contributed by atoms with Gasteiger partial charge in [-0.15, -0.1) is 4.91 Å². The van der Waals surface area contributed by atoms with Crippen molar-refractivity contribution in [3.05, 3.63) is 16.6 Å². The van der Waals surface area contributed by atoms with Gasteiger partial charge >= 0.3 is 5.91 Å². The fourth-order valence-corrected chi connectivity index (χ4v) is 1.20. The van der Waals surface area contributed by atoms with Crippen LogP contribution < -0.4 is 0 Å². The first-order chi connectivity index (χ1) is 5.24. The van der Waals surface area contributed by atoms with E-state index < -0.39 is 5.91 Å². The van der Waals surface area contributed by atoms with E-state index >= 15 is 0 Å². The van der Waals surface area contributed by atoms with Crippen LogP contribution in [0.2, 0.25) is 0 Å². The van der Waals surface area contributed by atoms with Crippen molar-refractivity contribution in [2.75, 3.05) is 0 Å². The van der Waals surface area contributed by atoms with Crippen molar-refractivity contribution in [1.82, 2.24) is 0 Å². The number of carbonyl (C=O) groups is 1. The van der Waals surface area contributed by atoms with Crippen LogP contribution in [0.3, 0.4) is 0 Å². The number of rotatable bonds is 2. The molecule has 0 atom stereocenters. The van der Waals surface area contributed by atoms with Gasteiger partial charge in [-0.25, -0.2) is 0 Å². The SMILES string of the molecule is C/C(=C\C(=O)N=O)C1CCC1. The first-order valence-electron chi connectivity index (χ1n) is 3.79. The van der Waals surface area contributed by atoms with E-state index in [2.05, 4.69) is 5.18 Å². The number of hydrogen-bond donors (Lipinski definition) is 0. The van der Waals surface area contributed by atoms with Crippen molar-refractivity contribution < 1.29 is 4.79 Å². The highest BCUT2D eigenvalue weighted by Gasteiger charge is 2.19. The van der Waals surface area contributed by atoms with Crippen LogP contribution >= 0.6 is 0 Å². The summed E-state index contributed by atoms with van der Waals surface area (Å²) < 4.78 is 0. The second kappa shape index (κ2) is 3.42. The molecule has 0 spiro atoms. The largest absolute Gasteiger partial charge is 0.309 e. The maximum absolute atomic E-state index is 10.5. The standard InChI is InChI=1S/C8H11NO2/c1-6(5-8(10)9-11)7-3-2-4-7/h5,7H,2-4H2,1H3/b6-5+. The van der Waals surface area contributed by atoms with Crippen molar-refractivity contribution in [2.45, 2.75) is 26.2 Å². The summed E-state index contributed by atoms with van der Waals surface area (Å²) in [6, 6.07) is 0. The van der Waals surface area contributed by atoms with Crippen LogP contribution in [0, 0.1) is 10.8 Å². The summed E-state index contributed by atoms with van der Waals surface area (Å²) in [5.41, 5.74) is 1.00. The molecule has 1 fully saturated rings. The average Bonchev–Trinajstić information content (AvgIpc) is 1.83. The maximum Gasteiger partial charge on any atom is 0.309 e. The van der Waals surface area contributed by atoms with Crippen LogP contribution in [0.25, 0.3) is 0 Å². The van der Waals surface area contributed by atoms with Gasteiger partial charge in [0, 0.05) is 11.3 Å². The molecule has 0 aromatic carbocycles. The highest BCUT2D eigenvalue weighted by atomic mass is 16.3. The van der Waals surface area contributed by atoms with Gasteiger partial charge in [-0.05, 0) is 25.7 Å². The molecule has 1 saturated carbocycles. The van der Waals surface area contributed by atoms with Crippen LogP contribution in [-0.4, -0.2) is 5.91 Å². The van der Waals surface area contributed by atoms with Gasteiger partial charge in [0.2, 0.25) is 0 Å². The molecular formula is C8H11NO2. The van der Waals surface area contributed by atoms with E-state index in [0.29, 0.717) is 5.92 Å². The molecule has 0 aliphatic heterocycles. The van der Waals surface area contributed by atoms with Gasteiger partial charge in [0.05, 0.1) is 0 Å². The number of nitrogens with zero attached hydrogens (tertiary/aromatic N) is 1. The van der Waals surface area contributed by atoms with E-state index in [-0.39, 0.29) is 0 Å². The van der Waals surface area contributed by atoms with Gasteiger partial charge in [-0.1, -0.05) is 12.0 Å². The van der Waals surface area contributed by atoms with E-state index in [1.54, 1.807) is 0 Å². The molecule has 1 aliphatic rings. The minimum absolute atomic E-state index is 0.528. The normalized spacial score (nSPS) is 19.2. The summed E-state index contributed by atoms with van der Waals surface area (Å²) >= 11 is 0. The van der Waals surface area contributed by atoms with Crippen LogP contribution in [0.15, 0.2) is 16.8 Å². The number of carbonyl (C=O) groups excluding carboxylic acids is 1. The summed E-state index contributed by atoms with van der Waals surface area (Å²) in [5, 5.41) is 2.30. The highest BCUT2D eigenvalue weighted by Crippen LogP contribution is 2.32. The first-order valence-corrected chi connectivity index (χ1v) is 3.79. The highest BCUT2D eigenvalue weighted by molar-refractivity contribution is 5.88. The fraction of sp³-hybridized carbons (Fsp3) is 0.625. The Morgan fingerprint density at radius 1 is 1.55 bits per heavy atom. The molecule has 0 N–H and O–H groups in total. The zero-order chi connectivity index (χ0) is 8.27. The molecule has 3 heteroatoms. The van der Waals surface area contributed by atoms with Crippen LogP contribution in [0.1, 0.15) is 26.2 Å². The minimum atomic E-state index is -0.658. The lowest BCUT2D eigenvalue weighted by atomic mass is 9.80. The summed E-state index contributed by atoms with van der Waals surface area (Å²) in [7, 11) is 0. The van der Waals surface area contributed by atoms with Gasteiger partial charge in [0.15, 0.2) is 0 Å². The summed E-state index contributed by atoms with van der Waals surface area (Å²) in [6.07, 6.45) is 4.87. The first kappa shape index (κ1) is 8.11. The number of allylic oxidation sites excluding steroid dienone is 1. The van der Waals surface area contributed by atoms with Crippen molar-refractivity contribution in [3.8, 4) is 0 Å². The molecule has 0 heterocycles. The predicted octanol–water partition coefficient (Wildman–Crippen LogP) is 2.03. The third-order valence-electron chi connectivity index (χ3n) is 2.19. The Hall–Kier alpha value is -0.990. The second-order valence-electron chi connectivity index (χ2n) is 2.95. The Balaban J connectivity index is 2.49. The number of nitroso groups, excluding NO2 is 1. The van der Waals surface area contributed by atoms with Crippen LogP contribution in [0.4, 0.5) is 0 Å². The van der Waals surface area contributed by atoms with E-state index in [4.69, 9.17) is 0 Å². The smallest absolute Gasteiger partial charge is 0.264 e. The van der Waals surface area contributed by atoms with Crippen molar-refractivity contribution in [1.29, 1.82) is 0 Å². The van der Waals surface area contributed by atoms with Gasteiger partial charge in [0.25, 0.3) is 0 Å². The van der Waals surface area contributed by atoms with Crippen LogP contribution in [0.5, 0.6) is 0 Å². The van der Waals surface area contributed by atoms with E-state index in [9.17, 15) is 9.70 Å². The molecule has 0 aromatic rings.